The molecule has 1 fully saturated rings. The first-order chi connectivity index (χ1) is 9.17. The minimum absolute atomic E-state index is 0.0536. The third kappa shape index (κ3) is 3.74. The highest BCUT2D eigenvalue weighted by Gasteiger charge is 2.32. The van der Waals surface area contributed by atoms with Crippen LogP contribution in [0.25, 0.3) is 0 Å². The number of nitrogens with one attached hydrogen (secondary N) is 1. The Labute approximate surface area is 126 Å². The van der Waals surface area contributed by atoms with Crippen LogP contribution < -0.4 is 5.32 Å². The van der Waals surface area contributed by atoms with E-state index in [-0.39, 0.29) is 11.5 Å². The van der Waals surface area contributed by atoms with Gasteiger partial charge in [-0.15, -0.1) is 0 Å². The zero-order valence-corrected chi connectivity index (χ0v) is 13.4. The number of carbonyl (C=O) groups excluding carboxylic acids is 1. The van der Waals surface area contributed by atoms with Crippen LogP contribution in [-0.2, 0) is 4.74 Å². The number of thioether (sulfide) groups is 1. The van der Waals surface area contributed by atoms with Crippen molar-refractivity contribution < 1.29 is 9.53 Å². The Balaban J connectivity index is 1.98. The van der Waals surface area contributed by atoms with Crippen molar-refractivity contribution in [2.75, 3.05) is 25.2 Å². The molecule has 5 heteroatoms. The lowest BCUT2D eigenvalue weighted by Gasteiger charge is -2.35. The standard InChI is InChI=1S/C14H18BrNO2S/c1-18-14(6-8-19-9-7-14)10-16-13(17)11-4-2-3-5-12(11)15/h2-5H,6-10H2,1H3,(H,16,17). The number of benzene rings is 1. The fraction of sp³-hybridized carbons (Fsp3) is 0.500. The minimum atomic E-state index is -0.192. The number of ether oxygens (including phenoxy) is 1. The van der Waals surface area contributed by atoms with Crippen LogP contribution in [-0.4, -0.2) is 36.7 Å². The molecule has 0 aromatic heterocycles. The summed E-state index contributed by atoms with van der Waals surface area (Å²) in [4.78, 5) is 12.2. The van der Waals surface area contributed by atoms with Gasteiger partial charge in [0.15, 0.2) is 0 Å². The molecule has 104 valence electrons. The van der Waals surface area contributed by atoms with Crippen LogP contribution in [0.4, 0.5) is 0 Å². The maximum absolute atomic E-state index is 12.2. The van der Waals surface area contributed by atoms with E-state index in [0.29, 0.717) is 12.1 Å². The fourth-order valence-electron chi connectivity index (χ4n) is 2.18. The van der Waals surface area contributed by atoms with E-state index in [2.05, 4.69) is 21.2 Å². The summed E-state index contributed by atoms with van der Waals surface area (Å²) in [5.41, 5.74) is 0.473. The van der Waals surface area contributed by atoms with E-state index in [0.717, 1.165) is 28.8 Å². The van der Waals surface area contributed by atoms with Gasteiger partial charge in [0, 0.05) is 18.1 Å². The Bertz CT molecular complexity index is 447. The summed E-state index contributed by atoms with van der Waals surface area (Å²) >= 11 is 5.34. The van der Waals surface area contributed by atoms with Gasteiger partial charge in [-0.3, -0.25) is 4.79 Å². The average molecular weight is 344 g/mol. The van der Waals surface area contributed by atoms with Gasteiger partial charge < -0.3 is 10.1 Å². The maximum atomic E-state index is 12.2. The highest BCUT2D eigenvalue weighted by Crippen LogP contribution is 2.29. The molecule has 1 aliphatic rings. The molecule has 0 aliphatic carbocycles. The highest BCUT2D eigenvalue weighted by molar-refractivity contribution is 9.10. The van der Waals surface area contributed by atoms with E-state index in [1.54, 1.807) is 7.11 Å². The minimum Gasteiger partial charge on any atom is -0.376 e. The fourth-order valence-corrected chi connectivity index (χ4v) is 3.88. The lowest BCUT2D eigenvalue weighted by atomic mass is 9.96. The van der Waals surface area contributed by atoms with Crippen molar-refractivity contribution in [1.82, 2.24) is 5.32 Å². The van der Waals surface area contributed by atoms with E-state index in [9.17, 15) is 4.79 Å². The van der Waals surface area contributed by atoms with Crippen molar-refractivity contribution in [3.05, 3.63) is 34.3 Å². The number of rotatable bonds is 4. The smallest absolute Gasteiger partial charge is 0.252 e. The SMILES string of the molecule is COC1(CNC(=O)c2ccccc2Br)CCSCC1. The maximum Gasteiger partial charge on any atom is 0.252 e. The monoisotopic (exact) mass is 343 g/mol. The van der Waals surface area contributed by atoms with Crippen molar-refractivity contribution >= 4 is 33.6 Å². The summed E-state index contributed by atoms with van der Waals surface area (Å²) in [7, 11) is 1.74. The van der Waals surface area contributed by atoms with E-state index in [1.165, 1.54) is 0 Å². The predicted molar refractivity (Wildman–Crippen MR) is 82.8 cm³/mol. The summed E-state index contributed by atoms with van der Waals surface area (Å²) in [5.74, 6) is 2.14. The van der Waals surface area contributed by atoms with Crippen LogP contribution in [0.5, 0.6) is 0 Å². The Kier molecular flexibility index (Phi) is 5.30. The number of hydrogen-bond donors (Lipinski definition) is 1. The summed E-state index contributed by atoms with van der Waals surface area (Å²) < 4.78 is 6.47. The quantitative estimate of drug-likeness (QED) is 0.912. The molecule has 2 rings (SSSR count). The van der Waals surface area contributed by atoms with Crippen LogP contribution in [0.1, 0.15) is 23.2 Å². The Hall–Kier alpha value is -0.520. The molecule has 1 aliphatic heterocycles. The van der Waals surface area contributed by atoms with Crippen LogP contribution >= 0.6 is 27.7 Å². The van der Waals surface area contributed by atoms with Crippen molar-refractivity contribution in [2.45, 2.75) is 18.4 Å². The molecule has 19 heavy (non-hydrogen) atoms. The molecular formula is C14H18BrNO2S. The van der Waals surface area contributed by atoms with Gasteiger partial charge in [0.2, 0.25) is 0 Å². The lowest BCUT2D eigenvalue weighted by Crippen LogP contribution is -2.46. The van der Waals surface area contributed by atoms with Gasteiger partial charge in [0.25, 0.3) is 5.91 Å². The van der Waals surface area contributed by atoms with Gasteiger partial charge in [-0.2, -0.15) is 11.8 Å². The number of methoxy groups -OCH3 is 1. The van der Waals surface area contributed by atoms with Crippen LogP contribution in [0.2, 0.25) is 0 Å². The van der Waals surface area contributed by atoms with Crippen LogP contribution in [0.15, 0.2) is 28.7 Å². The second-order valence-corrected chi connectivity index (χ2v) is 6.74. The number of hydrogen-bond acceptors (Lipinski definition) is 3. The topological polar surface area (TPSA) is 38.3 Å². The summed E-state index contributed by atoms with van der Waals surface area (Å²) in [6.07, 6.45) is 1.98. The summed E-state index contributed by atoms with van der Waals surface area (Å²) in [6, 6.07) is 7.45. The van der Waals surface area contributed by atoms with Gasteiger partial charge in [-0.05, 0) is 52.4 Å². The van der Waals surface area contributed by atoms with E-state index < -0.39 is 0 Å². The molecule has 0 saturated carbocycles. The van der Waals surface area contributed by atoms with Gasteiger partial charge >= 0.3 is 0 Å². The second-order valence-electron chi connectivity index (χ2n) is 4.66. The summed E-state index contributed by atoms with van der Waals surface area (Å²) in [6.45, 7) is 0.574. The van der Waals surface area contributed by atoms with Gasteiger partial charge in [-0.1, -0.05) is 12.1 Å². The number of amides is 1. The van der Waals surface area contributed by atoms with Crippen LogP contribution in [0.3, 0.4) is 0 Å². The van der Waals surface area contributed by atoms with Crippen molar-refractivity contribution in [2.24, 2.45) is 0 Å². The average Bonchev–Trinajstić information content (AvgIpc) is 2.46. The molecule has 0 spiro atoms. The molecule has 3 nitrogen and oxygen atoms in total. The highest BCUT2D eigenvalue weighted by atomic mass is 79.9. The molecule has 1 aromatic rings. The van der Waals surface area contributed by atoms with Crippen LogP contribution in [0, 0.1) is 0 Å². The van der Waals surface area contributed by atoms with Gasteiger partial charge in [0.1, 0.15) is 0 Å². The number of halogens is 1. The number of carbonyl (C=O) groups is 1. The molecule has 0 radical (unpaired) electrons. The van der Waals surface area contributed by atoms with E-state index >= 15 is 0 Å². The zero-order valence-electron chi connectivity index (χ0n) is 10.9. The zero-order chi connectivity index (χ0) is 13.7. The molecule has 1 heterocycles. The molecule has 1 amide bonds. The molecule has 1 saturated heterocycles. The normalized spacial score (nSPS) is 18.0. The first-order valence-corrected chi connectivity index (χ1v) is 8.27. The third-order valence-corrected chi connectivity index (χ3v) is 5.20. The Morgan fingerprint density at radius 3 is 2.74 bits per heavy atom. The molecule has 1 N–H and O–H groups in total. The molecule has 0 unspecified atom stereocenters. The lowest BCUT2D eigenvalue weighted by molar-refractivity contribution is -0.0149. The van der Waals surface area contributed by atoms with Crippen molar-refractivity contribution in [3.8, 4) is 0 Å². The molecular weight excluding hydrogens is 326 g/mol. The van der Waals surface area contributed by atoms with Crippen molar-refractivity contribution in [3.63, 3.8) is 0 Å². The summed E-state index contributed by atoms with van der Waals surface area (Å²) in [5, 5.41) is 3.00. The first-order valence-electron chi connectivity index (χ1n) is 6.32. The van der Waals surface area contributed by atoms with E-state index in [4.69, 9.17) is 4.74 Å². The first kappa shape index (κ1) is 14.9. The second kappa shape index (κ2) is 6.77. The largest absolute Gasteiger partial charge is 0.376 e. The predicted octanol–water partition coefficient (Wildman–Crippen LogP) is 3.09. The molecule has 0 bridgehead atoms. The Morgan fingerprint density at radius 1 is 1.42 bits per heavy atom. The molecule has 1 aromatic carbocycles. The third-order valence-electron chi connectivity index (χ3n) is 3.53. The van der Waals surface area contributed by atoms with Crippen molar-refractivity contribution in [1.29, 1.82) is 0 Å². The van der Waals surface area contributed by atoms with E-state index in [1.807, 2.05) is 36.0 Å². The molecule has 0 atom stereocenters. The van der Waals surface area contributed by atoms with Gasteiger partial charge in [-0.25, -0.2) is 0 Å². The Morgan fingerprint density at radius 2 is 2.11 bits per heavy atom. The van der Waals surface area contributed by atoms with Gasteiger partial charge in [0.05, 0.1) is 11.2 Å².